The number of allylic oxidation sites excluding steroid dienone is 1. The average molecular weight is 243 g/mol. The van der Waals surface area contributed by atoms with Gasteiger partial charge in [0.1, 0.15) is 5.82 Å². The van der Waals surface area contributed by atoms with Crippen LogP contribution in [0.1, 0.15) is 17.5 Å². The van der Waals surface area contributed by atoms with Crippen LogP contribution >= 0.6 is 15.9 Å². The van der Waals surface area contributed by atoms with Crippen LogP contribution in [-0.2, 0) is 6.42 Å². The Morgan fingerprint density at radius 3 is 2.77 bits per heavy atom. The number of benzene rings is 1. The van der Waals surface area contributed by atoms with Crippen molar-refractivity contribution in [3.05, 3.63) is 46.2 Å². The summed E-state index contributed by atoms with van der Waals surface area (Å²) < 4.78 is 14.0. The highest BCUT2D eigenvalue weighted by atomic mass is 79.9. The van der Waals surface area contributed by atoms with Crippen molar-refractivity contribution in [3.63, 3.8) is 0 Å². The maximum atomic E-state index is 13.1. The summed E-state index contributed by atoms with van der Waals surface area (Å²) in [5.74, 6) is -0.127. The summed E-state index contributed by atoms with van der Waals surface area (Å²) in [4.78, 5) is 0. The van der Waals surface area contributed by atoms with Crippen molar-refractivity contribution in [2.75, 3.05) is 0 Å². The monoisotopic (exact) mass is 242 g/mol. The highest BCUT2D eigenvalue weighted by molar-refractivity contribution is 9.11. The second-order valence-corrected chi connectivity index (χ2v) is 4.22. The number of aryl methyl sites for hydroxylation is 2. The Morgan fingerprint density at radius 2 is 2.23 bits per heavy atom. The van der Waals surface area contributed by atoms with Gasteiger partial charge in [-0.15, -0.1) is 0 Å². The Bertz CT molecular complexity index is 318. The average Bonchev–Trinajstić information content (AvgIpc) is 2.07. The van der Waals surface area contributed by atoms with E-state index in [4.69, 9.17) is 0 Å². The third-order valence-corrected chi connectivity index (χ3v) is 2.32. The molecule has 0 aliphatic rings. The topological polar surface area (TPSA) is 0 Å². The van der Waals surface area contributed by atoms with Gasteiger partial charge in [-0.1, -0.05) is 34.6 Å². The molecule has 2 heteroatoms. The van der Waals surface area contributed by atoms with Crippen molar-refractivity contribution in [2.24, 2.45) is 0 Å². The van der Waals surface area contributed by atoms with Gasteiger partial charge >= 0.3 is 0 Å². The summed E-state index contributed by atoms with van der Waals surface area (Å²) in [5.41, 5.74) is 1.71. The van der Waals surface area contributed by atoms with Gasteiger partial charge in [0.2, 0.25) is 0 Å². The first-order chi connectivity index (χ1) is 6.09. The zero-order chi connectivity index (χ0) is 9.84. The van der Waals surface area contributed by atoms with Crippen molar-refractivity contribution in [3.8, 4) is 0 Å². The van der Waals surface area contributed by atoms with E-state index in [9.17, 15) is 4.39 Å². The van der Waals surface area contributed by atoms with Crippen molar-refractivity contribution in [2.45, 2.75) is 19.8 Å². The van der Waals surface area contributed by atoms with Crippen LogP contribution in [0.15, 0.2) is 29.3 Å². The lowest BCUT2D eigenvalue weighted by atomic mass is 10.1. The first-order valence-electron chi connectivity index (χ1n) is 4.18. The smallest absolute Gasteiger partial charge is 0.126 e. The minimum atomic E-state index is -0.127. The molecule has 0 fully saturated rings. The largest absolute Gasteiger partial charge is 0.207 e. The van der Waals surface area contributed by atoms with E-state index in [2.05, 4.69) is 22.5 Å². The van der Waals surface area contributed by atoms with Gasteiger partial charge in [-0.25, -0.2) is 4.39 Å². The molecule has 0 bridgehead atoms. The van der Waals surface area contributed by atoms with E-state index in [1.165, 1.54) is 0 Å². The third kappa shape index (κ3) is 3.31. The van der Waals surface area contributed by atoms with E-state index in [0.29, 0.717) is 5.56 Å². The molecule has 0 spiro atoms. The molecule has 0 saturated heterocycles. The van der Waals surface area contributed by atoms with Gasteiger partial charge in [0.25, 0.3) is 0 Å². The lowest BCUT2D eigenvalue weighted by Gasteiger charge is -2.02. The van der Waals surface area contributed by atoms with Crippen molar-refractivity contribution in [1.29, 1.82) is 0 Å². The van der Waals surface area contributed by atoms with Crippen molar-refractivity contribution < 1.29 is 4.39 Å². The fourth-order valence-electron chi connectivity index (χ4n) is 1.07. The van der Waals surface area contributed by atoms with Gasteiger partial charge in [0, 0.05) is 0 Å². The van der Waals surface area contributed by atoms with Crippen LogP contribution in [0.4, 0.5) is 4.39 Å². The SMILES string of the molecule is C=C(Br)CCc1ccc(C)c(F)c1. The Hall–Kier alpha value is -0.630. The lowest BCUT2D eigenvalue weighted by molar-refractivity contribution is 0.616. The van der Waals surface area contributed by atoms with E-state index >= 15 is 0 Å². The molecule has 0 N–H and O–H groups in total. The first kappa shape index (κ1) is 10.5. The molecule has 0 atom stereocenters. The molecule has 0 nitrogen and oxygen atoms in total. The summed E-state index contributed by atoms with van der Waals surface area (Å²) in [7, 11) is 0. The van der Waals surface area contributed by atoms with E-state index in [0.717, 1.165) is 22.9 Å². The Morgan fingerprint density at radius 1 is 1.54 bits per heavy atom. The molecule has 1 aromatic rings. The van der Waals surface area contributed by atoms with Gasteiger partial charge in [-0.05, 0) is 41.4 Å². The summed E-state index contributed by atoms with van der Waals surface area (Å²) in [5, 5.41) is 0. The summed E-state index contributed by atoms with van der Waals surface area (Å²) >= 11 is 3.28. The summed E-state index contributed by atoms with van der Waals surface area (Å²) in [6, 6.07) is 5.35. The maximum Gasteiger partial charge on any atom is 0.126 e. The molecule has 0 aromatic heterocycles. The molecule has 1 rings (SSSR count). The molecule has 0 aliphatic carbocycles. The number of rotatable bonds is 3. The Kier molecular flexibility index (Phi) is 3.67. The second kappa shape index (κ2) is 4.56. The Balaban J connectivity index is 2.68. The molecular weight excluding hydrogens is 231 g/mol. The third-order valence-electron chi connectivity index (χ3n) is 1.92. The molecular formula is C11H12BrF. The highest BCUT2D eigenvalue weighted by Crippen LogP contribution is 2.15. The fraction of sp³-hybridized carbons (Fsp3) is 0.273. The molecule has 13 heavy (non-hydrogen) atoms. The quantitative estimate of drug-likeness (QED) is 0.753. The highest BCUT2D eigenvalue weighted by Gasteiger charge is 1.99. The molecule has 0 heterocycles. The van der Waals surface area contributed by atoms with Gasteiger partial charge < -0.3 is 0 Å². The first-order valence-corrected chi connectivity index (χ1v) is 4.97. The molecule has 0 aliphatic heterocycles. The predicted octanol–water partition coefficient (Wildman–Crippen LogP) is 3.98. The van der Waals surface area contributed by atoms with E-state index in [1.54, 1.807) is 13.0 Å². The normalized spacial score (nSPS) is 10.1. The minimum Gasteiger partial charge on any atom is -0.207 e. The van der Waals surface area contributed by atoms with Crippen LogP contribution in [0.25, 0.3) is 0 Å². The van der Waals surface area contributed by atoms with Gasteiger partial charge in [-0.2, -0.15) is 0 Å². The minimum absolute atomic E-state index is 0.127. The van der Waals surface area contributed by atoms with Crippen LogP contribution in [0.2, 0.25) is 0 Å². The van der Waals surface area contributed by atoms with Gasteiger partial charge in [0.15, 0.2) is 0 Å². The van der Waals surface area contributed by atoms with Crippen molar-refractivity contribution in [1.82, 2.24) is 0 Å². The maximum absolute atomic E-state index is 13.1. The number of hydrogen-bond donors (Lipinski definition) is 0. The van der Waals surface area contributed by atoms with Crippen LogP contribution in [-0.4, -0.2) is 0 Å². The summed E-state index contributed by atoms with van der Waals surface area (Å²) in [6.07, 6.45) is 1.68. The second-order valence-electron chi connectivity index (χ2n) is 3.10. The molecule has 1 aromatic carbocycles. The Labute approximate surface area is 86.6 Å². The number of halogens is 2. The zero-order valence-electron chi connectivity index (χ0n) is 7.61. The van der Waals surface area contributed by atoms with E-state index in [-0.39, 0.29) is 5.82 Å². The van der Waals surface area contributed by atoms with E-state index in [1.807, 2.05) is 12.1 Å². The standard InChI is InChI=1S/C11H12BrF/c1-8-3-5-10(7-11(8)13)6-4-9(2)12/h3,5,7H,2,4,6H2,1H3. The predicted molar refractivity (Wildman–Crippen MR) is 57.5 cm³/mol. The fourth-order valence-corrected chi connectivity index (χ4v) is 1.27. The molecule has 0 radical (unpaired) electrons. The number of hydrogen-bond acceptors (Lipinski definition) is 0. The van der Waals surface area contributed by atoms with Gasteiger partial charge in [-0.3, -0.25) is 0 Å². The molecule has 70 valence electrons. The zero-order valence-corrected chi connectivity index (χ0v) is 9.20. The van der Waals surface area contributed by atoms with Crippen molar-refractivity contribution >= 4 is 15.9 Å². The molecule has 0 unspecified atom stereocenters. The molecule has 0 saturated carbocycles. The van der Waals surface area contributed by atoms with Crippen LogP contribution < -0.4 is 0 Å². The molecule has 0 amide bonds. The van der Waals surface area contributed by atoms with Crippen LogP contribution in [0.5, 0.6) is 0 Å². The van der Waals surface area contributed by atoms with E-state index < -0.39 is 0 Å². The van der Waals surface area contributed by atoms with Gasteiger partial charge in [0.05, 0.1) is 0 Å². The van der Waals surface area contributed by atoms with Crippen LogP contribution in [0.3, 0.4) is 0 Å². The summed E-state index contributed by atoms with van der Waals surface area (Å²) in [6.45, 7) is 5.50. The van der Waals surface area contributed by atoms with Crippen LogP contribution in [0, 0.1) is 12.7 Å². The lowest BCUT2D eigenvalue weighted by Crippen LogP contribution is -1.88.